The lowest BCUT2D eigenvalue weighted by atomic mass is 10.0. The number of halogens is 3. The Kier molecular flexibility index (Phi) is 8.34. The van der Waals surface area contributed by atoms with Gasteiger partial charge in [0.15, 0.2) is 11.5 Å². The maximum atomic E-state index is 10.8. The predicted molar refractivity (Wildman–Crippen MR) is 133 cm³/mol. The van der Waals surface area contributed by atoms with E-state index in [1.54, 1.807) is 42.5 Å². The summed E-state index contributed by atoms with van der Waals surface area (Å²) < 4.78 is 12.3. The lowest BCUT2D eigenvalue weighted by Gasteiger charge is -2.15. The smallest absolute Gasteiger partial charge is 0.269 e. The average molecular weight is 548 g/mol. The van der Waals surface area contributed by atoms with Gasteiger partial charge in [0.1, 0.15) is 6.61 Å². The van der Waals surface area contributed by atoms with Crippen LogP contribution in [-0.2, 0) is 6.61 Å². The molecule has 9 heteroatoms. The van der Waals surface area contributed by atoms with Crippen molar-refractivity contribution in [2.45, 2.75) is 13.5 Å². The Morgan fingerprint density at radius 1 is 1.12 bits per heavy atom. The fourth-order valence-corrected chi connectivity index (χ4v) is 3.83. The number of nitriles is 1. The van der Waals surface area contributed by atoms with Crippen LogP contribution in [-0.4, -0.2) is 11.5 Å². The number of hydrogen-bond donors (Lipinski definition) is 0. The van der Waals surface area contributed by atoms with Crippen molar-refractivity contribution >= 4 is 56.5 Å². The van der Waals surface area contributed by atoms with Gasteiger partial charge >= 0.3 is 0 Å². The molecule has 0 spiro atoms. The van der Waals surface area contributed by atoms with E-state index < -0.39 is 4.92 Å². The zero-order chi connectivity index (χ0) is 24.0. The van der Waals surface area contributed by atoms with E-state index in [1.807, 2.05) is 13.0 Å². The second-order valence-corrected chi connectivity index (χ2v) is 8.44. The molecule has 0 heterocycles. The number of non-ortho nitro benzene ring substituents is 1. The average Bonchev–Trinajstić information content (AvgIpc) is 2.79. The van der Waals surface area contributed by atoms with E-state index in [1.165, 1.54) is 12.1 Å². The Labute approximate surface area is 209 Å². The minimum Gasteiger partial charge on any atom is -0.490 e. The minimum atomic E-state index is -0.450. The summed E-state index contributed by atoms with van der Waals surface area (Å²) in [6.07, 6.45) is 1.72. The molecule has 0 aliphatic rings. The Balaban J connectivity index is 1.89. The summed E-state index contributed by atoms with van der Waals surface area (Å²) in [6.45, 7) is 2.46. The Hall–Kier alpha value is -3.05. The summed E-state index contributed by atoms with van der Waals surface area (Å²) >= 11 is 15.6. The second-order valence-electron chi connectivity index (χ2n) is 6.77. The molecule has 0 radical (unpaired) electrons. The van der Waals surface area contributed by atoms with E-state index in [0.29, 0.717) is 43.8 Å². The summed E-state index contributed by atoms with van der Waals surface area (Å²) in [4.78, 5) is 10.4. The maximum Gasteiger partial charge on any atom is 0.269 e. The molecular weight excluding hydrogens is 531 g/mol. The van der Waals surface area contributed by atoms with Gasteiger partial charge in [-0.3, -0.25) is 10.1 Å². The Bertz CT molecular complexity index is 1250. The summed E-state index contributed by atoms with van der Waals surface area (Å²) in [6, 6.07) is 16.9. The lowest BCUT2D eigenvalue weighted by molar-refractivity contribution is -0.384. The van der Waals surface area contributed by atoms with Gasteiger partial charge in [-0.2, -0.15) is 5.26 Å². The highest BCUT2D eigenvalue weighted by atomic mass is 79.9. The Morgan fingerprint density at radius 3 is 2.45 bits per heavy atom. The van der Waals surface area contributed by atoms with Crippen molar-refractivity contribution in [3.8, 4) is 17.6 Å². The van der Waals surface area contributed by atoms with Gasteiger partial charge in [-0.05, 0) is 82.0 Å². The van der Waals surface area contributed by atoms with Crippen LogP contribution in [0.1, 0.15) is 23.6 Å². The second kappa shape index (κ2) is 11.2. The molecule has 0 fully saturated rings. The number of nitro benzene ring substituents is 1. The van der Waals surface area contributed by atoms with Gasteiger partial charge in [-0.15, -0.1) is 0 Å². The zero-order valence-electron chi connectivity index (χ0n) is 17.3. The van der Waals surface area contributed by atoms with Gasteiger partial charge in [0.2, 0.25) is 0 Å². The Morgan fingerprint density at radius 2 is 1.85 bits per heavy atom. The molecule has 6 nitrogen and oxygen atoms in total. The van der Waals surface area contributed by atoms with Crippen LogP contribution in [0.2, 0.25) is 10.0 Å². The van der Waals surface area contributed by atoms with Crippen molar-refractivity contribution in [3.63, 3.8) is 0 Å². The van der Waals surface area contributed by atoms with E-state index in [-0.39, 0.29) is 12.3 Å². The first-order chi connectivity index (χ1) is 15.8. The third-order valence-corrected chi connectivity index (χ3v) is 5.85. The van der Waals surface area contributed by atoms with Gasteiger partial charge in [-0.25, -0.2) is 0 Å². The number of nitro groups is 1. The highest BCUT2D eigenvalue weighted by Gasteiger charge is 2.14. The van der Waals surface area contributed by atoms with Crippen LogP contribution in [0.15, 0.2) is 59.1 Å². The highest BCUT2D eigenvalue weighted by molar-refractivity contribution is 9.10. The number of rotatable bonds is 8. The maximum absolute atomic E-state index is 10.8. The molecule has 0 amide bonds. The number of nitrogens with zero attached hydrogens (tertiary/aromatic N) is 2. The third-order valence-electron chi connectivity index (χ3n) is 4.52. The quantitative estimate of drug-likeness (QED) is 0.125. The first-order valence-corrected chi connectivity index (χ1v) is 11.3. The molecule has 168 valence electrons. The molecule has 0 saturated carbocycles. The largest absolute Gasteiger partial charge is 0.490 e. The van der Waals surface area contributed by atoms with Gasteiger partial charge in [0.25, 0.3) is 5.69 Å². The SMILES string of the molecule is CCOc1cc(/C=C(/C#N)c2ccc(Cl)c(Cl)c2)cc(Br)c1OCc1ccc([N+](=O)[O-])cc1. The van der Waals surface area contributed by atoms with Crippen molar-refractivity contribution in [2.75, 3.05) is 6.61 Å². The fraction of sp³-hybridized carbons (Fsp3) is 0.125. The van der Waals surface area contributed by atoms with Crippen molar-refractivity contribution in [2.24, 2.45) is 0 Å². The van der Waals surface area contributed by atoms with E-state index in [0.717, 1.165) is 11.1 Å². The lowest BCUT2D eigenvalue weighted by Crippen LogP contribution is -2.01. The number of hydrogen-bond acceptors (Lipinski definition) is 5. The summed E-state index contributed by atoms with van der Waals surface area (Å²) in [5.41, 5.74) is 2.55. The molecule has 0 unspecified atom stereocenters. The van der Waals surface area contributed by atoms with Crippen molar-refractivity contribution in [3.05, 3.63) is 95.9 Å². The summed E-state index contributed by atoms with van der Waals surface area (Å²) in [7, 11) is 0. The van der Waals surface area contributed by atoms with Gasteiger partial charge in [0.05, 0.1) is 37.7 Å². The van der Waals surface area contributed by atoms with Crippen molar-refractivity contribution < 1.29 is 14.4 Å². The van der Waals surface area contributed by atoms with Crippen LogP contribution >= 0.6 is 39.1 Å². The van der Waals surface area contributed by atoms with Crippen LogP contribution in [0.4, 0.5) is 5.69 Å². The van der Waals surface area contributed by atoms with E-state index >= 15 is 0 Å². The number of allylic oxidation sites excluding steroid dienone is 1. The monoisotopic (exact) mass is 546 g/mol. The molecule has 0 aromatic heterocycles. The van der Waals surface area contributed by atoms with E-state index in [9.17, 15) is 15.4 Å². The zero-order valence-corrected chi connectivity index (χ0v) is 20.4. The van der Waals surface area contributed by atoms with Gasteiger partial charge in [-0.1, -0.05) is 29.3 Å². The molecule has 3 aromatic carbocycles. The number of ether oxygens (including phenoxy) is 2. The molecular formula is C24H17BrCl2N2O4. The van der Waals surface area contributed by atoms with E-state index in [4.69, 9.17) is 32.7 Å². The predicted octanol–water partition coefficient (Wildman–Crippen LogP) is 7.71. The molecule has 0 saturated heterocycles. The highest BCUT2D eigenvalue weighted by Crippen LogP contribution is 2.38. The first kappa shape index (κ1) is 24.6. The molecule has 0 bridgehead atoms. The molecule has 0 aliphatic carbocycles. The fourth-order valence-electron chi connectivity index (χ4n) is 2.95. The van der Waals surface area contributed by atoms with Gasteiger partial charge in [0, 0.05) is 12.1 Å². The van der Waals surface area contributed by atoms with Crippen LogP contribution < -0.4 is 9.47 Å². The molecule has 0 aliphatic heterocycles. The third kappa shape index (κ3) is 6.26. The van der Waals surface area contributed by atoms with E-state index in [2.05, 4.69) is 22.0 Å². The molecule has 0 atom stereocenters. The molecule has 33 heavy (non-hydrogen) atoms. The molecule has 0 N–H and O–H groups in total. The van der Waals surface area contributed by atoms with Gasteiger partial charge < -0.3 is 9.47 Å². The summed E-state index contributed by atoms with van der Waals surface area (Å²) in [5.74, 6) is 0.979. The van der Waals surface area contributed by atoms with Crippen LogP contribution in [0.3, 0.4) is 0 Å². The minimum absolute atomic E-state index is 0.0151. The number of benzene rings is 3. The van der Waals surface area contributed by atoms with Crippen molar-refractivity contribution in [1.29, 1.82) is 5.26 Å². The molecule has 3 rings (SSSR count). The normalized spacial score (nSPS) is 11.1. The van der Waals surface area contributed by atoms with Crippen molar-refractivity contribution in [1.82, 2.24) is 0 Å². The summed E-state index contributed by atoms with van der Waals surface area (Å²) in [5, 5.41) is 21.3. The standard InChI is InChI=1S/C24H17BrCl2N2O4/c1-2-32-23-11-16(9-18(13-28)17-5-8-21(26)22(27)12-17)10-20(25)24(23)33-14-15-3-6-19(7-4-15)29(30)31/h3-12H,2,14H2,1H3/b18-9-. The van der Waals surface area contributed by atoms with Crippen LogP contribution in [0.5, 0.6) is 11.5 Å². The topological polar surface area (TPSA) is 85.4 Å². The van der Waals surface area contributed by atoms with Crippen LogP contribution in [0.25, 0.3) is 11.6 Å². The first-order valence-electron chi connectivity index (χ1n) is 9.72. The van der Waals surface area contributed by atoms with Crippen LogP contribution in [0, 0.1) is 21.4 Å². The molecule has 3 aromatic rings.